The van der Waals surface area contributed by atoms with E-state index in [1.807, 2.05) is 68.9 Å². The van der Waals surface area contributed by atoms with Crippen molar-refractivity contribution < 1.29 is 9.59 Å². The van der Waals surface area contributed by atoms with Gasteiger partial charge in [-0.1, -0.05) is 20.8 Å². The highest BCUT2D eigenvalue weighted by molar-refractivity contribution is 5.94. The van der Waals surface area contributed by atoms with Gasteiger partial charge in [-0.3, -0.25) is 9.59 Å². The Bertz CT molecular complexity index is 612. The van der Waals surface area contributed by atoms with Gasteiger partial charge in [0.05, 0.1) is 0 Å². The third-order valence-corrected chi connectivity index (χ3v) is 4.55. The number of carbonyl (C=O) groups is 2. The molecule has 0 spiro atoms. The van der Waals surface area contributed by atoms with Crippen molar-refractivity contribution in [3.63, 3.8) is 0 Å². The van der Waals surface area contributed by atoms with Crippen molar-refractivity contribution in [1.82, 2.24) is 15.1 Å². The van der Waals surface area contributed by atoms with Crippen molar-refractivity contribution in [3.8, 4) is 0 Å². The van der Waals surface area contributed by atoms with Gasteiger partial charge in [-0.05, 0) is 38.4 Å². The molecule has 1 N–H and O–H groups in total. The fourth-order valence-electron chi connectivity index (χ4n) is 2.96. The summed E-state index contributed by atoms with van der Waals surface area (Å²) in [6, 6.07) is 7.71. The van der Waals surface area contributed by atoms with Gasteiger partial charge in [0.25, 0.3) is 5.91 Å². The fraction of sp³-hybridized carbons (Fsp3) is 0.600. The summed E-state index contributed by atoms with van der Waals surface area (Å²) in [6.07, 6.45) is 0. The normalized spacial score (nSPS) is 15.3. The van der Waals surface area contributed by atoms with Gasteiger partial charge in [-0.2, -0.15) is 0 Å². The van der Waals surface area contributed by atoms with Crippen LogP contribution in [0, 0.1) is 5.41 Å². The third-order valence-electron chi connectivity index (χ3n) is 4.55. The topological polar surface area (TPSA) is 55.9 Å². The first-order valence-electron chi connectivity index (χ1n) is 9.26. The van der Waals surface area contributed by atoms with Gasteiger partial charge >= 0.3 is 0 Å². The van der Waals surface area contributed by atoms with Crippen LogP contribution in [0.25, 0.3) is 0 Å². The fourth-order valence-corrected chi connectivity index (χ4v) is 2.96. The number of piperazine rings is 1. The van der Waals surface area contributed by atoms with E-state index in [0.29, 0.717) is 12.1 Å². The zero-order valence-electron chi connectivity index (χ0n) is 16.7. The predicted octanol–water partition coefficient (Wildman–Crippen LogP) is 1.67. The van der Waals surface area contributed by atoms with E-state index in [1.54, 1.807) is 0 Å². The first-order valence-corrected chi connectivity index (χ1v) is 9.26. The molecule has 0 unspecified atom stereocenters. The molecular formula is C20H32N4O2. The summed E-state index contributed by atoms with van der Waals surface area (Å²) in [5.41, 5.74) is 1.44. The van der Waals surface area contributed by atoms with E-state index in [2.05, 4.69) is 10.2 Å². The molecule has 0 atom stereocenters. The van der Waals surface area contributed by atoms with Gasteiger partial charge in [-0.25, -0.2) is 0 Å². The zero-order chi connectivity index (χ0) is 19.3. The minimum Gasteiger partial charge on any atom is -0.368 e. The van der Waals surface area contributed by atoms with Crippen molar-refractivity contribution >= 4 is 17.5 Å². The highest BCUT2D eigenvalue weighted by Crippen LogP contribution is 2.21. The Morgan fingerprint density at radius 1 is 1.04 bits per heavy atom. The first kappa shape index (κ1) is 20.2. The Hall–Kier alpha value is -2.08. The van der Waals surface area contributed by atoms with Crippen molar-refractivity contribution in [2.75, 3.05) is 58.3 Å². The summed E-state index contributed by atoms with van der Waals surface area (Å²) < 4.78 is 0. The Labute approximate surface area is 157 Å². The number of likely N-dealkylation sites (N-methyl/N-ethyl adjacent to an activating group) is 1. The molecule has 144 valence electrons. The summed E-state index contributed by atoms with van der Waals surface area (Å²) in [4.78, 5) is 30.8. The van der Waals surface area contributed by atoms with Crippen LogP contribution < -0.4 is 10.2 Å². The molecule has 2 amide bonds. The number of hydrogen-bond acceptors (Lipinski definition) is 4. The van der Waals surface area contributed by atoms with E-state index >= 15 is 0 Å². The van der Waals surface area contributed by atoms with Crippen LogP contribution in [0.4, 0.5) is 5.69 Å². The van der Waals surface area contributed by atoms with Crippen LogP contribution in [0.1, 0.15) is 31.1 Å². The van der Waals surface area contributed by atoms with E-state index in [0.717, 1.165) is 38.4 Å². The van der Waals surface area contributed by atoms with Crippen LogP contribution in [-0.2, 0) is 4.79 Å². The molecule has 0 aromatic heterocycles. The minimum absolute atomic E-state index is 0.0426. The van der Waals surface area contributed by atoms with Crippen LogP contribution in [0.15, 0.2) is 24.3 Å². The van der Waals surface area contributed by atoms with E-state index in [1.165, 1.54) is 0 Å². The van der Waals surface area contributed by atoms with Gasteiger partial charge in [0.2, 0.25) is 5.91 Å². The van der Waals surface area contributed by atoms with E-state index in [4.69, 9.17) is 0 Å². The molecule has 6 heteroatoms. The largest absolute Gasteiger partial charge is 0.368 e. The number of nitrogens with one attached hydrogen (secondary N) is 1. The Kier molecular flexibility index (Phi) is 6.64. The monoisotopic (exact) mass is 360 g/mol. The second kappa shape index (κ2) is 8.54. The van der Waals surface area contributed by atoms with Crippen molar-refractivity contribution in [2.45, 2.75) is 20.8 Å². The van der Waals surface area contributed by atoms with Gasteiger partial charge in [-0.15, -0.1) is 0 Å². The second-order valence-corrected chi connectivity index (χ2v) is 8.14. The smallest absolute Gasteiger partial charge is 0.251 e. The first-order chi connectivity index (χ1) is 12.2. The van der Waals surface area contributed by atoms with E-state index < -0.39 is 0 Å². The Balaban J connectivity index is 1.88. The molecule has 1 heterocycles. The number of carbonyl (C=O) groups excluding carboxylic acids is 2. The average molecular weight is 361 g/mol. The number of hydrogen-bond donors (Lipinski definition) is 1. The summed E-state index contributed by atoms with van der Waals surface area (Å²) in [5.74, 6) is 0.167. The van der Waals surface area contributed by atoms with Crippen LogP contribution in [0.2, 0.25) is 0 Å². The highest BCUT2D eigenvalue weighted by Gasteiger charge is 2.29. The highest BCUT2D eigenvalue weighted by atomic mass is 16.2. The number of amides is 2. The van der Waals surface area contributed by atoms with Crippen LogP contribution in [0.5, 0.6) is 0 Å². The lowest BCUT2D eigenvalue weighted by Crippen LogP contribution is -2.51. The summed E-state index contributed by atoms with van der Waals surface area (Å²) >= 11 is 0. The van der Waals surface area contributed by atoms with Crippen LogP contribution in [0.3, 0.4) is 0 Å². The quantitative estimate of drug-likeness (QED) is 0.868. The number of anilines is 1. The second-order valence-electron chi connectivity index (χ2n) is 8.14. The van der Waals surface area contributed by atoms with Crippen LogP contribution >= 0.6 is 0 Å². The predicted molar refractivity (Wildman–Crippen MR) is 106 cm³/mol. The molecule has 1 aliphatic heterocycles. The molecule has 6 nitrogen and oxygen atoms in total. The summed E-state index contributed by atoms with van der Waals surface area (Å²) in [6.45, 7) is 10.5. The molecule has 1 saturated heterocycles. The van der Waals surface area contributed by atoms with Crippen molar-refractivity contribution in [1.29, 1.82) is 0 Å². The maximum atomic E-state index is 12.4. The SMILES string of the molecule is CN(C)CCNC(=O)c1ccc(N2CCN(C(=O)C(C)(C)C)CC2)cc1. The number of nitrogens with zero attached hydrogens (tertiary/aromatic N) is 3. The molecule has 0 saturated carbocycles. The molecule has 1 aromatic rings. The molecule has 1 aliphatic rings. The van der Waals surface area contributed by atoms with E-state index in [-0.39, 0.29) is 17.2 Å². The Morgan fingerprint density at radius 3 is 2.12 bits per heavy atom. The molecule has 0 radical (unpaired) electrons. The number of rotatable bonds is 5. The molecular weight excluding hydrogens is 328 g/mol. The molecule has 2 rings (SSSR count). The van der Waals surface area contributed by atoms with E-state index in [9.17, 15) is 9.59 Å². The lowest BCUT2D eigenvalue weighted by molar-refractivity contribution is -0.139. The van der Waals surface area contributed by atoms with Crippen molar-refractivity contribution in [3.05, 3.63) is 29.8 Å². The molecule has 0 aliphatic carbocycles. The molecule has 0 bridgehead atoms. The lowest BCUT2D eigenvalue weighted by Gasteiger charge is -2.38. The molecule has 26 heavy (non-hydrogen) atoms. The summed E-state index contributed by atoms with van der Waals surface area (Å²) in [5, 5.41) is 2.92. The lowest BCUT2D eigenvalue weighted by atomic mass is 9.94. The summed E-state index contributed by atoms with van der Waals surface area (Å²) in [7, 11) is 3.96. The standard InChI is InChI=1S/C20H32N4O2/c1-20(2,3)19(26)24-14-12-23(13-15-24)17-8-6-16(7-9-17)18(25)21-10-11-22(4)5/h6-9H,10-15H2,1-5H3,(H,21,25). The van der Waals surface area contributed by atoms with Crippen LogP contribution in [-0.4, -0.2) is 75.0 Å². The average Bonchev–Trinajstić information content (AvgIpc) is 2.60. The number of benzene rings is 1. The van der Waals surface area contributed by atoms with Gasteiger partial charge in [0.15, 0.2) is 0 Å². The van der Waals surface area contributed by atoms with Gasteiger partial charge < -0.3 is 20.0 Å². The van der Waals surface area contributed by atoms with Crippen molar-refractivity contribution in [2.24, 2.45) is 5.41 Å². The van der Waals surface area contributed by atoms with Gasteiger partial charge in [0, 0.05) is 55.9 Å². The maximum absolute atomic E-state index is 12.4. The molecule has 1 fully saturated rings. The minimum atomic E-state index is -0.330. The maximum Gasteiger partial charge on any atom is 0.251 e. The zero-order valence-corrected chi connectivity index (χ0v) is 16.7. The molecule has 1 aromatic carbocycles. The Morgan fingerprint density at radius 2 is 1.62 bits per heavy atom. The third kappa shape index (κ3) is 5.46. The van der Waals surface area contributed by atoms with Gasteiger partial charge in [0.1, 0.15) is 0 Å².